The van der Waals surface area contributed by atoms with E-state index in [0.717, 1.165) is 4.47 Å². The van der Waals surface area contributed by atoms with E-state index >= 15 is 0 Å². The van der Waals surface area contributed by atoms with Gasteiger partial charge in [-0.3, -0.25) is 10.6 Å². The van der Waals surface area contributed by atoms with E-state index in [1.807, 2.05) is 0 Å². The van der Waals surface area contributed by atoms with E-state index in [1.54, 1.807) is 0 Å². The smallest absolute Gasteiger partial charge is 0.0983 e. The summed E-state index contributed by atoms with van der Waals surface area (Å²) in [6.45, 7) is 0. The third-order valence-corrected chi connectivity index (χ3v) is 6.16. The molecular formula is C21H19BrIN3. The van der Waals surface area contributed by atoms with Crippen LogP contribution in [0.25, 0.3) is 0 Å². The zero-order valence-electron chi connectivity index (χ0n) is 14.0. The normalized spacial score (nSPS) is 23.7. The summed E-state index contributed by atoms with van der Waals surface area (Å²) in [5.41, 5.74) is 3.72. The first-order chi connectivity index (χ1) is 12.7. The molecule has 3 atom stereocenters. The van der Waals surface area contributed by atoms with Crippen LogP contribution in [-0.2, 0) is 0 Å². The molecule has 2 N–H and O–H groups in total. The molecule has 0 bridgehead atoms. The van der Waals surface area contributed by atoms with Crippen molar-refractivity contribution in [1.29, 1.82) is 0 Å². The van der Waals surface area contributed by atoms with E-state index in [0.29, 0.717) is 0 Å². The van der Waals surface area contributed by atoms with Crippen LogP contribution in [0, 0.1) is 0 Å². The molecule has 132 valence electrons. The van der Waals surface area contributed by atoms with Gasteiger partial charge in [-0.05, 0) is 28.8 Å². The van der Waals surface area contributed by atoms with Crippen molar-refractivity contribution >= 4 is 38.8 Å². The number of benzene rings is 3. The average molecular weight is 520 g/mol. The highest BCUT2D eigenvalue weighted by molar-refractivity contribution is 14.1. The number of nitrogens with zero attached hydrogens (tertiary/aromatic N) is 1. The zero-order valence-corrected chi connectivity index (χ0v) is 17.8. The fraction of sp³-hybridized carbons (Fsp3) is 0.143. The van der Waals surface area contributed by atoms with Crippen LogP contribution < -0.4 is 10.6 Å². The second kappa shape index (κ2) is 8.19. The molecule has 0 spiro atoms. The van der Waals surface area contributed by atoms with Gasteiger partial charge in [-0.15, -0.1) is 0 Å². The molecule has 0 aromatic heterocycles. The summed E-state index contributed by atoms with van der Waals surface area (Å²) in [5.74, 6) is 0. The molecule has 26 heavy (non-hydrogen) atoms. The minimum Gasteiger partial charge on any atom is -0.278 e. The van der Waals surface area contributed by atoms with Crippen LogP contribution in [-0.4, -0.2) is 3.11 Å². The van der Waals surface area contributed by atoms with Crippen LogP contribution in [0.4, 0.5) is 0 Å². The Morgan fingerprint density at radius 2 is 1.23 bits per heavy atom. The lowest BCUT2D eigenvalue weighted by Gasteiger charge is -2.44. The molecule has 3 aromatic carbocycles. The number of nitrogens with one attached hydrogen (secondary N) is 2. The van der Waals surface area contributed by atoms with E-state index < -0.39 is 0 Å². The number of rotatable bonds is 3. The fourth-order valence-corrected chi connectivity index (χ4v) is 4.66. The highest BCUT2D eigenvalue weighted by atomic mass is 127. The predicted molar refractivity (Wildman–Crippen MR) is 117 cm³/mol. The first-order valence-corrected chi connectivity index (χ1v) is 10.3. The van der Waals surface area contributed by atoms with Gasteiger partial charge in [-0.25, -0.2) is 3.11 Å². The molecule has 5 heteroatoms. The Kier molecular flexibility index (Phi) is 5.71. The van der Waals surface area contributed by atoms with Crippen molar-refractivity contribution < 1.29 is 0 Å². The SMILES string of the molecule is Brc1cccc(C2NC(c3ccccc3)NC(c3ccccc3)N2I)c1. The number of hydrogen-bond donors (Lipinski definition) is 2. The summed E-state index contributed by atoms with van der Waals surface area (Å²) in [6, 6.07) is 29.6. The lowest BCUT2D eigenvalue weighted by molar-refractivity contribution is 0.124. The lowest BCUT2D eigenvalue weighted by Crippen LogP contribution is -2.52. The van der Waals surface area contributed by atoms with E-state index in [2.05, 4.69) is 137 Å². The van der Waals surface area contributed by atoms with Crippen molar-refractivity contribution in [3.05, 3.63) is 106 Å². The minimum absolute atomic E-state index is 0.0661. The molecule has 4 rings (SSSR count). The Labute approximate surface area is 176 Å². The maximum Gasteiger partial charge on any atom is 0.0983 e. The molecular weight excluding hydrogens is 501 g/mol. The Morgan fingerprint density at radius 3 is 1.85 bits per heavy atom. The van der Waals surface area contributed by atoms with Crippen LogP contribution in [0.15, 0.2) is 89.4 Å². The van der Waals surface area contributed by atoms with Crippen molar-refractivity contribution in [1.82, 2.24) is 13.7 Å². The van der Waals surface area contributed by atoms with Gasteiger partial charge in [0.05, 0.1) is 18.5 Å². The van der Waals surface area contributed by atoms with Gasteiger partial charge in [-0.1, -0.05) is 88.7 Å². The van der Waals surface area contributed by atoms with Gasteiger partial charge in [-0.2, -0.15) is 0 Å². The van der Waals surface area contributed by atoms with Gasteiger partial charge in [0.2, 0.25) is 0 Å². The summed E-state index contributed by atoms with van der Waals surface area (Å²) in [4.78, 5) is 0. The van der Waals surface area contributed by atoms with Gasteiger partial charge in [0.15, 0.2) is 0 Å². The molecule has 1 aliphatic rings. The Bertz CT molecular complexity index is 859. The number of hydrogen-bond acceptors (Lipinski definition) is 3. The van der Waals surface area contributed by atoms with Gasteiger partial charge >= 0.3 is 0 Å². The van der Waals surface area contributed by atoms with E-state index in [4.69, 9.17) is 0 Å². The van der Waals surface area contributed by atoms with Crippen molar-refractivity contribution in [2.24, 2.45) is 0 Å². The van der Waals surface area contributed by atoms with Crippen LogP contribution in [0.3, 0.4) is 0 Å². The molecule has 3 unspecified atom stereocenters. The largest absolute Gasteiger partial charge is 0.278 e. The third-order valence-electron chi connectivity index (χ3n) is 4.56. The highest BCUT2D eigenvalue weighted by Gasteiger charge is 2.35. The second-order valence-electron chi connectivity index (χ2n) is 6.29. The molecule has 0 radical (unpaired) electrons. The van der Waals surface area contributed by atoms with Crippen molar-refractivity contribution in [2.75, 3.05) is 0 Å². The Hall–Kier alpha value is -1.25. The van der Waals surface area contributed by atoms with Gasteiger partial charge in [0, 0.05) is 27.3 Å². The topological polar surface area (TPSA) is 27.3 Å². The molecule has 1 heterocycles. The molecule has 1 aliphatic heterocycles. The first kappa shape index (κ1) is 18.1. The van der Waals surface area contributed by atoms with Gasteiger partial charge < -0.3 is 0 Å². The second-order valence-corrected chi connectivity index (χ2v) is 8.32. The van der Waals surface area contributed by atoms with Gasteiger partial charge in [0.1, 0.15) is 0 Å². The summed E-state index contributed by atoms with van der Waals surface area (Å²) >= 11 is 6.03. The maximum atomic E-state index is 3.75. The molecule has 3 aromatic rings. The highest BCUT2D eigenvalue weighted by Crippen LogP contribution is 2.38. The zero-order chi connectivity index (χ0) is 17.9. The van der Waals surface area contributed by atoms with Crippen molar-refractivity contribution in [3.8, 4) is 0 Å². The summed E-state index contributed by atoms with van der Waals surface area (Å²) in [6.07, 6.45) is 0.258. The molecule has 0 saturated carbocycles. The Balaban J connectivity index is 1.73. The van der Waals surface area contributed by atoms with Crippen LogP contribution >= 0.6 is 38.8 Å². The monoisotopic (exact) mass is 519 g/mol. The van der Waals surface area contributed by atoms with Crippen LogP contribution in [0.5, 0.6) is 0 Å². The van der Waals surface area contributed by atoms with Crippen molar-refractivity contribution in [3.63, 3.8) is 0 Å². The minimum atomic E-state index is 0.0661. The molecule has 1 fully saturated rings. The summed E-state index contributed by atoms with van der Waals surface area (Å²) in [7, 11) is 0. The molecule has 3 nitrogen and oxygen atoms in total. The maximum absolute atomic E-state index is 3.75. The molecule has 0 amide bonds. The number of halogens is 2. The van der Waals surface area contributed by atoms with E-state index in [-0.39, 0.29) is 18.5 Å². The predicted octanol–water partition coefficient (Wildman–Crippen LogP) is 5.69. The standard InChI is InChI=1S/C21H19BrIN3/c22-18-13-7-12-17(14-18)21-25-19(15-8-3-1-4-9-15)24-20(26(21)23)16-10-5-2-6-11-16/h1-14,19-21,24-25H. The van der Waals surface area contributed by atoms with Gasteiger partial charge in [0.25, 0.3) is 0 Å². The summed E-state index contributed by atoms with van der Waals surface area (Å²) < 4.78 is 3.40. The quantitative estimate of drug-likeness (QED) is 0.344. The molecule has 1 saturated heterocycles. The van der Waals surface area contributed by atoms with E-state index in [1.165, 1.54) is 16.7 Å². The van der Waals surface area contributed by atoms with E-state index in [9.17, 15) is 0 Å². The third kappa shape index (κ3) is 3.87. The van der Waals surface area contributed by atoms with Crippen LogP contribution in [0.1, 0.15) is 35.2 Å². The lowest BCUT2D eigenvalue weighted by atomic mass is 10.0. The Morgan fingerprint density at radius 1 is 0.692 bits per heavy atom. The molecule has 0 aliphatic carbocycles. The van der Waals surface area contributed by atoms with Crippen molar-refractivity contribution in [2.45, 2.75) is 18.5 Å². The fourth-order valence-electron chi connectivity index (χ4n) is 3.28. The summed E-state index contributed by atoms with van der Waals surface area (Å²) in [5, 5.41) is 7.49. The first-order valence-electron chi connectivity index (χ1n) is 8.54. The van der Waals surface area contributed by atoms with Crippen LogP contribution in [0.2, 0.25) is 0 Å². The average Bonchev–Trinajstić information content (AvgIpc) is 2.69.